The second-order valence-corrected chi connectivity index (χ2v) is 5.18. The lowest BCUT2D eigenvalue weighted by atomic mass is 10.2. The molecule has 0 aliphatic heterocycles. The lowest BCUT2D eigenvalue weighted by Gasteiger charge is -2.10. The normalized spacial score (nSPS) is 9.83. The molecule has 2 nitrogen and oxygen atoms in total. The highest BCUT2D eigenvalue weighted by molar-refractivity contribution is 9.10. The van der Waals surface area contributed by atoms with Gasteiger partial charge in [0, 0.05) is 4.90 Å². The van der Waals surface area contributed by atoms with Crippen molar-refractivity contribution in [1.29, 1.82) is 5.26 Å². The molecule has 2 aromatic carbocycles. The van der Waals surface area contributed by atoms with Crippen molar-refractivity contribution < 1.29 is 4.74 Å². The Morgan fingerprint density at radius 3 is 2.50 bits per heavy atom. The van der Waals surface area contributed by atoms with Crippen molar-refractivity contribution in [2.24, 2.45) is 0 Å². The van der Waals surface area contributed by atoms with Gasteiger partial charge in [0.15, 0.2) is 0 Å². The largest absolute Gasteiger partial charge is 0.455 e. The molecule has 4 heteroatoms. The molecule has 0 saturated heterocycles. The van der Waals surface area contributed by atoms with Crippen molar-refractivity contribution in [3.05, 3.63) is 52.5 Å². The first-order chi connectivity index (χ1) is 8.76. The van der Waals surface area contributed by atoms with Gasteiger partial charge in [-0.15, -0.1) is 11.8 Å². The number of thioether (sulfide) groups is 1. The molecule has 90 valence electrons. The maximum atomic E-state index is 9.22. The molecule has 0 spiro atoms. The van der Waals surface area contributed by atoms with Gasteiger partial charge in [-0.2, -0.15) is 5.26 Å². The van der Waals surface area contributed by atoms with E-state index in [4.69, 9.17) is 4.74 Å². The molecule has 0 unspecified atom stereocenters. The van der Waals surface area contributed by atoms with E-state index < -0.39 is 0 Å². The van der Waals surface area contributed by atoms with Crippen LogP contribution in [0.25, 0.3) is 0 Å². The topological polar surface area (TPSA) is 33.0 Å². The summed E-state index contributed by atoms with van der Waals surface area (Å²) in [5, 5.41) is 9.22. The van der Waals surface area contributed by atoms with Crippen molar-refractivity contribution in [3.63, 3.8) is 0 Å². The fourth-order valence-corrected chi connectivity index (χ4v) is 2.45. The summed E-state index contributed by atoms with van der Waals surface area (Å²) >= 11 is 4.96. The van der Waals surface area contributed by atoms with Crippen LogP contribution in [0.1, 0.15) is 5.56 Å². The first-order valence-corrected chi connectivity index (χ1v) is 7.27. The van der Waals surface area contributed by atoms with Crippen LogP contribution in [0.5, 0.6) is 11.5 Å². The minimum Gasteiger partial charge on any atom is -0.455 e. The van der Waals surface area contributed by atoms with Crippen molar-refractivity contribution >= 4 is 27.7 Å². The number of benzene rings is 2. The first-order valence-electron chi connectivity index (χ1n) is 5.25. The molecule has 0 amide bonds. The molecular formula is C14H10BrNOS. The highest BCUT2D eigenvalue weighted by Gasteiger charge is 2.10. The van der Waals surface area contributed by atoms with Crippen LogP contribution in [0.15, 0.2) is 51.8 Å². The third kappa shape index (κ3) is 2.69. The fourth-order valence-electron chi connectivity index (χ4n) is 1.52. The molecule has 0 radical (unpaired) electrons. The van der Waals surface area contributed by atoms with E-state index in [0.29, 0.717) is 17.1 Å². The number of nitriles is 1. The van der Waals surface area contributed by atoms with Crippen LogP contribution in [0.2, 0.25) is 0 Å². The van der Waals surface area contributed by atoms with Gasteiger partial charge < -0.3 is 4.74 Å². The van der Waals surface area contributed by atoms with Crippen LogP contribution in [-0.4, -0.2) is 6.26 Å². The van der Waals surface area contributed by atoms with Gasteiger partial charge >= 0.3 is 0 Å². The van der Waals surface area contributed by atoms with E-state index in [1.807, 2.05) is 42.7 Å². The third-order valence-corrected chi connectivity index (χ3v) is 3.81. The van der Waals surface area contributed by atoms with Crippen LogP contribution in [0.4, 0.5) is 0 Å². The average Bonchev–Trinajstić information content (AvgIpc) is 2.41. The van der Waals surface area contributed by atoms with Gasteiger partial charge in [0.1, 0.15) is 23.1 Å². The number of halogens is 1. The predicted molar refractivity (Wildman–Crippen MR) is 77.2 cm³/mol. The molecule has 0 bridgehead atoms. The lowest BCUT2D eigenvalue weighted by molar-refractivity contribution is 0.476. The molecule has 0 atom stereocenters. The van der Waals surface area contributed by atoms with Gasteiger partial charge in [0.05, 0.1) is 4.47 Å². The zero-order chi connectivity index (χ0) is 13.0. The van der Waals surface area contributed by atoms with Gasteiger partial charge in [0.25, 0.3) is 0 Å². The first kappa shape index (κ1) is 13.0. The minimum absolute atomic E-state index is 0.570. The highest BCUT2D eigenvalue weighted by atomic mass is 79.9. The van der Waals surface area contributed by atoms with E-state index in [1.165, 1.54) is 11.8 Å². The standard InChI is InChI=1S/C14H10BrNOS/c1-18-14-8-4-7-12(10(14)9-16)17-13-6-3-2-5-11(13)15/h2-8H,1H3. The van der Waals surface area contributed by atoms with Crippen molar-refractivity contribution in [2.75, 3.05) is 6.26 Å². The highest BCUT2D eigenvalue weighted by Crippen LogP contribution is 2.34. The van der Waals surface area contributed by atoms with Crippen LogP contribution >= 0.6 is 27.7 Å². The number of nitrogens with zero attached hydrogens (tertiary/aromatic N) is 1. The predicted octanol–water partition coefficient (Wildman–Crippen LogP) is 4.83. The molecule has 18 heavy (non-hydrogen) atoms. The maximum absolute atomic E-state index is 9.22. The van der Waals surface area contributed by atoms with Crippen molar-refractivity contribution in [2.45, 2.75) is 4.90 Å². The Kier molecular flexibility index (Phi) is 4.29. The average molecular weight is 320 g/mol. The number of hydrogen-bond acceptors (Lipinski definition) is 3. The second-order valence-electron chi connectivity index (χ2n) is 3.48. The summed E-state index contributed by atoms with van der Waals surface area (Å²) in [6.07, 6.45) is 1.94. The molecule has 2 rings (SSSR count). The lowest BCUT2D eigenvalue weighted by Crippen LogP contribution is -1.90. The van der Waals surface area contributed by atoms with Crippen LogP contribution in [0.3, 0.4) is 0 Å². The molecule has 0 heterocycles. The van der Waals surface area contributed by atoms with E-state index in [1.54, 1.807) is 6.07 Å². The van der Waals surface area contributed by atoms with Crippen LogP contribution in [-0.2, 0) is 0 Å². The van der Waals surface area contributed by atoms with E-state index in [9.17, 15) is 5.26 Å². The van der Waals surface area contributed by atoms with Crippen molar-refractivity contribution in [1.82, 2.24) is 0 Å². The number of rotatable bonds is 3. The van der Waals surface area contributed by atoms with Gasteiger partial charge in [-0.3, -0.25) is 0 Å². The van der Waals surface area contributed by atoms with Crippen molar-refractivity contribution in [3.8, 4) is 17.6 Å². The summed E-state index contributed by atoms with van der Waals surface area (Å²) in [6.45, 7) is 0. The zero-order valence-electron chi connectivity index (χ0n) is 9.68. The van der Waals surface area contributed by atoms with Gasteiger partial charge in [-0.05, 0) is 46.5 Å². The minimum atomic E-state index is 0.570. The van der Waals surface area contributed by atoms with Gasteiger partial charge in [-0.25, -0.2) is 0 Å². The van der Waals surface area contributed by atoms with E-state index in [0.717, 1.165) is 9.37 Å². The maximum Gasteiger partial charge on any atom is 0.146 e. The molecule has 0 N–H and O–H groups in total. The van der Waals surface area contributed by atoms with Crippen LogP contribution < -0.4 is 4.74 Å². The van der Waals surface area contributed by atoms with E-state index in [-0.39, 0.29) is 0 Å². The second kappa shape index (κ2) is 5.94. The molecule has 0 aliphatic carbocycles. The Bertz CT molecular complexity index is 607. The van der Waals surface area contributed by atoms with Gasteiger partial charge in [0.2, 0.25) is 0 Å². The summed E-state index contributed by atoms with van der Waals surface area (Å²) in [6, 6.07) is 15.4. The zero-order valence-corrected chi connectivity index (χ0v) is 12.1. The third-order valence-electron chi connectivity index (χ3n) is 2.38. The Hall–Kier alpha value is -1.44. The summed E-state index contributed by atoms with van der Waals surface area (Å²) in [5.41, 5.74) is 0.570. The Morgan fingerprint density at radius 2 is 1.83 bits per heavy atom. The summed E-state index contributed by atoms with van der Waals surface area (Å²) in [7, 11) is 0. The molecular weight excluding hydrogens is 310 g/mol. The summed E-state index contributed by atoms with van der Waals surface area (Å²) in [5.74, 6) is 1.28. The quantitative estimate of drug-likeness (QED) is 0.759. The molecule has 0 fully saturated rings. The molecule has 2 aromatic rings. The number of para-hydroxylation sites is 1. The summed E-state index contributed by atoms with van der Waals surface area (Å²) in [4.78, 5) is 0.919. The number of ether oxygens (including phenoxy) is 1. The molecule has 0 aromatic heterocycles. The SMILES string of the molecule is CSc1cccc(Oc2ccccc2Br)c1C#N. The Balaban J connectivity index is 2.42. The molecule has 0 saturated carbocycles. The van der Waals surface area contributed by atoms with Gasteiger partial charge in [-0.1, -0.05) is 18.2 Å². The number of hydrogen-bond donors (Lipinski definition) is 0. The molecule has 0 aliphatic rings. The summed E-state index contributed by atoms with van der Waals surface area (Å²) < 4.78 is 6.66. The fraction of sp³-hybridized carbons (Fsp3) is 0.0714. The Labute approximate surface area is 119 Å². The van der Waals surface area contributed by atoms with E-state index >= 15 is 0 Å². The Morgan fingerprint density at radius 1 is 1.11 bits per heavy atom. The van der Waals surface area contributed by atoms with Crippen LogP contribution in [0, 0.1) is 11.3 Å². The monoisotopic (exact) mass is 319 g/mol. The van der Waals surface area contributed by atoms with E-state index in [2.05, 4.69) is 22.0 Å². The smallest absolute Gasteiger partial charge is 0.146 e.